The van der Waals surface area contributed by atoms with Gasteiger partial charge in [-0.25, -0.2) is 0 Å². The molecule has 0 saturated heterocycles. The summed E-state index contributed by atoms with van der Waals surface area (Å²) in [5, 5.41) is 4.45. The molecule has 1 amide bonds. The average Bonchev–Trinajstić information content (AvgIpc) is 2.93. The summed E-state index contributed by atoms with van der Waals surface area (Å²) >= 11 is 0. The molecule has 4 rings (SSSR count). The van der Waals surface area contributed by atoms with E-state index in [1.807, 2.05) is 6.07 Å². The van der Waals surface area contributed by atoms with Gasteiger partial charge < -0.3 is 10.3 Å². The third-order valence-corrected chi connectivity index (χ3v) is 4.37. The quantitative estimate of drug-likeness (QED) is 0.763. The number of fused-ring (bicyclic) bond motifs is 3. The van der Waals surface area contributed by atoms with E-state index in [0.29, 0.717) is 5.56 Å². The number of hydrogen-bond acceptors (Lipinski definition) is 2. The Bertz CT molecular complexity index is 823. The van der Waals surface area contributed by atoms with Gasteiger partial charge in [0.1, 0.15) is 0 Å². The van der Waals surface area contributed by atoms with Crippen LogP contribution in [0.2, 0.25) is 0 Å². The monoisotopic (exact) mass is 291 g/mol. The number of hydrogen-bond donors (Lipinski definition) is 2. The number of aromatic amines is 1. The van der Waals surface area contributed by atoms with Crippen LogP contribution in [-0.4, -0.2) is 21.9 Å². The Morgan fingerprint density at radius 1 is 1.18 bits per heavy atom. The smallest absolute Gasteiger partial charge is 0.251 e. The van der Waals surface area contributed by atoms with Gasteiger partial charge in [-0.3, -0.25) is 9.78 Å². The Morgan fingerprint density at radius 2 is 2.00 bits per heavy atom. The maximum absolute atomic E-state index is 12.2. The van der Waals surface area contributed by atoms with Crippen LogP contribution in [0.5, 0.6) is 0 Å². The molecule has 4 heteroatoms. The van der Waals surface area contributed by atoms with E-state index >= 15 is 0 Å². The molecular formula is C18H17N3O. The number of aromatic nitrogens is 2. The number of amides is 1. The Morgan fingerprint density at radius 3 is 2.86 bits per heavy atom. The molecule has 1 unspecified atom stereocenters. The highest BCUT2D eigenvalue weighted by molar-refractivity contribution is 5.94. The van der Waals surface area contributed by atoms with Gasteiger partial charge in [0.15, 0.2) is 0 Å². The van der Waals surface area contributed by atoms with Crippen molar-refractivity contribution in [3.63, 3.8) is 0 Å². The Kier molecular flexibility index (Phi) is 3.15. The number of H-pyrrole nitrogens is 1. The zero-order valence-corrected chi connectivity index (χ0v) is 12.2. The number of carbonyl (C=O) groups is 1. The van der Waals surface area contributed by atoms with E-state index in [1.165, 1.54) is 22.2 Å². The van der Waals surface area contributed by atoms with Gasteiger partial charge in [0.2, 0.25) is 0 Å². The first-order chi connectivity index (χ1) is 10.8. The lowest BCUT2D eigenvalue weighted by Crippen LogP contribution is -2.38. The number of para-hydroxylation sites is 1. The van der Waals surface area contributed by atoms with E-state index < -0.39 is 0 Å². The summed E-state index contributed by atoms with van der Waals surface area (Å²) in [5.41, 5.74) is 4.52. The van der Waals surface area contributed by atoms with Crippen molar-refractivity contribution >= 4 is 16.8 Å². The number of nitrogens with one attached hydrogen (secondary N) is 2. The summed E-state index contributed by atoms with van der Waals surface area (Å²) in [7, 11) is 0. The van der Waals surface area contributed by atoms with Gasteiger partial charge in [0.05, 0.1) is 0 Å². The van der Waals surface area contributed by atoms with Crippen LogP contribution < -0.4 is 5.32 Å². The zero-order valence-electron chi connectivity index (χ0n) is 12.2. The summed E-state index contributed by atoms with van der Waals surface area (Å²) in [6, 6.07) is 12.1. The van der Waals surface area contributed by atoms with Crippen molar-refractivity contribution in [2.75, 3.05) is 0 Å². The molecule has 0 bridgehead atoms. The van der Waals surface area contributed by atoms with Crippen molar-refractivity contribution in [1.29, 1.82) is 0 Å². The van der Waals surface area contributed by atoms with Gasteiger partial charge in [-0.05, 0) is 36.6 Å². The van der Waals surface area contributed by atoms with E-state index in [1.54, 1.807) is 24.5 Å². The maximum atomic E-state index is 12.2. The number of pyridine rings is 1. The molecule has 0 saturated carbocycles. The van der Waals surface area contributed by atoms with Crippen LogP contribution in [0.3, 0.4) is 0 Å². The largest absolute Gasteiger partial charge is 0.358 e. The number of carbonyl (C=O) groups excluding carboxylic acids is 1. The van der Waals surface area contributed by atoms with E-state index in [9.17, 15) is 4.79 Å². The fourth-order valence-corrected chi connectivity index (χ4v) is 3.28. The van der Waals surface area contributed by atoms with Crippen molar-refractivity contribution < 1.29 is 4.79 Å². The Balaban J connectivity index is 1.54. The Hall–Kier alpha value is -2.62. The first-order valence-corrected chi connectivity index (χ1v) is 7.60. The fraction of sp³-hybridized carbons (Fsp3) is 0.222. The summed E-state index contributed by atoms with van der Waals surface area (Å²) in [6.45, 7) is 0. The van der Waals surface area contributed by atoms with Crippen molar-refractivity contribution in [2.45, 2.75) is 25.3 Å². The van der Waals surface area contributed by atoms with Gasteiger partial charge in [0, 0.05) is 47.0 Å². The lowest BCUT2D eigenvalue weighted by molar-refractivity contribution is 0.0933. The molecule has 3 aromatic rings. The van der Waals surface area contributed by atoms with Crippen molar-refractivity contribution in [2.24, 2.45) is 0 Å². The minimum atomic E-state index is -0.0213. The first kappa shape index (κ1) is 13.1. The minimum absolute atomic E-state index is 0.0213. The normalized spacial score (nSPS) is 17.2. The van der Waals surface area contributed by atoms with Crippen LogP contribution in [0.15, 0.2) is 48.8 Å². The second-order valence-electron chi connectivity index (χ2n) is 5.78. The first-order valence-electron chi connectivity index (χ1n) is 7.60. The number of rotatable bonds is 2. The molecule has 4 nitrogen and oxygen atoms in total. The van der Waals surface area contributed by atoms with Gasteiger partial charge in [-0.15, -0.1) is 0 Å². The number of benzene rings is 1. The molecule has 0 spiro atoms. The van der Waals surface area contributed by atoms with Crippen LogP contribution >= 0.6 is 0 Å². The molecule has 0 fully saturated rings. The van der Waals surface area contributed by atoms with Crippen LogP contribution in [-0.2, 0) is 12.8 Å². The molecule has 0 aliphatic heterocycles. The van der Waals surface area contributed by atoms with Gasteiger partial charge in [0.25, 0.3) is 5.91 Å². The molecule has 1 aliphatic carbocycles. The lowest BCUT2D eigenvalue weighted by atomic mass is 9.91. The molecule has 2 aromatic heterocycles. The second kappa shape index (κ2) is 5.30. The third-order valence-electron chi connectivity index (χ3n) is 4.37. The number of nitrogens with zero attached hydrogens (tertiary/aromatic N) is 1. The van der Waals surface area contributed by atoms with E-state index in [-0.39, 0.29) is 11.9 Å². The van der Waals surface area contributed by atoms with Crippen LogP contribution in [0, 0.1) is 0 Å². The topological polar surface area (TPSA) is 57.8 Å². The van der Waals surface area contributed by atoms with Gasteiger partial charge >= 0.3 is 0 Å². The SMILES string of the molecule is O=C(NC1CCc2c([nH]c3ccccc23)C1)c1ccncc1. The summed E-state index contributed by atoms with van der Waals surface area (Å²) in [5.74, 6) is -0.0213. The summed E-state index contributed by atoms with van der Waals surface area (Å²) in [6.07, 6.45) is 6.13. The third kappa shape index (κ3) is 2.26. The molecule has 1 aromatic carbocycles. The molecule has 2 N–H and O–H groups in total. The zero-order chi connectivity index (χ0) is 14.9. The second-order valence-corrected chi connectivity index (χ2v) is 5.78. The van der Waals surface area contributed by atoms with Crippen LogP contribution in [0.1, 0.15) is 28.0 Å². The molecule has 110 valence electrons. The molecule has 2 heterocycles. The van der Waals surface area contributed by atoms with Gasteiger partial charge in [-0.2, -0.15) is 0 Å². The minimum Gasteiger partial charge on any atom is -0.358 e. The predicted octanol–water partition coefficient (Wildman–Crippen LogP) is 2.85. The molecular weight excluding hydrogens is 274 g/mol. The highest BCUT2D eigenvalue weighted by Crippen LogP contribution is 2.29. The predicted molar refractivity (Wildman–Crippen MR) is 85.8 cm³/mol. The Labute approximate surface area is 128 Å². The molecule has 22 heavy (non-hydrogen) atoms. The molecule has 1 atom stereocenters. The summed E-state index contributed by atoms with van der Waals surface area (Å²) in [4.78, 5) is 19.7. The van der Waals surface area contributed by atoms with Crippen LogP contribution in [0.25, 0.3) is 10.9 Å². The average molecular weight is 291 g/mol. The molecule has 0 radical (unpaired) electrons. The van der Waals surface area contributed by atoms with Crippen molar-refractivity contribution in [1.82, 2.24) is 15.3 Å². The highest BCUT2D eigenvalue weighted by atomic mass is 16.1. The molecule has 1 aliphatic rings. The number of aryl methyl sites for hydroxylation is 1. The van der Waals surface area contributed by atoms with Crippen molar-refractivity contribution in [3.8, 4) is 0 Å². The standard InChI is InChI=1S/C18H17N3O/c22-18(12-7-9-19-10-8-12)20-13-5-6-15-14-3-1-2-4-16(14)21-17(15)11-13/h1-4,7-10,13,21H,5-6,11H2,(H,20,22). The lowest BCUT2D eigenvalue weighted by Gasteiger charge is -2.23. The van der Waals surface area contributed by atoms with E-state index in [4.69, 9.17) is 0 Å². The van der Waals surface area contributed by atoms with Crippen molar-refractivity contribution in [3.05, 3.63) is 65.6 Å². The van der Waals surface area contributed by atoms with Crippen LogP contribution in [0.4, 0.5) is 0 Å². The summed E-state index contributed by atoms with van der Waals surface area (Å²) < 4.78 is 0. The van der Waals surface area contributed by atoms with Gasteiger partial charge in [-0.1, -0.05) is 18.2 Å². The van der Waals surface area contributed by atoms with E-state index in [0.717, 1.165) is 19.3 Å². The van der Waals surface area contributed by atoms with E-state index in [2.05, 4.69) is 33.5 Å². The fourth-order valence-electron chi connectivity index (χ4n) is 3.28. The maximum Gasteiger partial charge on any atom is 0.251 e. The highest BCUT2D eigenvalue weighted by Gasteiger charge is 2.23.